The molecular formula is C22H21N3O3. The zero-order chi connectivity index (χ0) is 19.7. The number of nitrogens with one attached hydrogen (secondary N) is 1. The summed E-state index contributed by atoms with van der Waals surface area (Å²) >= 11 is 0. The fourth-order valence-electron chi connectivity index (χ4n) is 3.69. The number of aryl methyl sites for hydroxylation is 1. The van der Waals surface area contributed by atoms with E-state index in [1.807, 2.05) is 54.6 Å². The second-order valence-electron chi connectivity index (χ2n) is 7.10. The Bertz CT molecular complexity index is 1100. The van der Waals surface area contributed by atoms with E-state index in [9.17, 15) is 14.4 Å². The number of hydrogen-bond donors (Lipinski definition) is 1. The van der Waals surface area contributed by atoms with E-state index >= 15 is 0 Å². The van der Waals surface area contributed by atoms with Crippen LogP contribution in [-0.4, -0.2) is 29.5 Å². The number of anilines is 1. The molecule has 1 N–H and O–H groups in total. The van der Waals surface area contributed by atoms with Gasteiger partial charge in [-0.15, -0.1) is 0 Å². The van der Waals surface area contributed by atoms with Gasteiger partial charge in [-0.25, -0.2) is 0 Å². The molecule has 0 aliphatic carbocycles. The third kappa shape index (κ3) is 3.29. The minimum atomic E-state index is -0.406. The molecule has 6 heteroatoms. The van der Waals surface area contributed by atoms with Crippen LogP contribution in [0, 0.1) is 5.92 Å². The first-order valence-corrected chi connectivity index (χ1v) is 9.27. The van der Waals surface area contributed by atoms with Gasteiger partial charge in [0.25, 0.3) is 11.5 Å². The van der Waals surface area contributed by atoms with Crippen LogP contribution in [0.25, 0.3) is 10.9 Å². The third-order valence-corrected chi connectivity index (χ3v) is 5.20. The second-order valence-corrected chi connectivity index (χ2v) is 7.10. The molecule has 3 aromatic rings. The van der Waals surface area contributed by atoms with Crippen LogP contribution in [0.3, 0.4) is 0 Å². The molecule has 0 radical (unpaired) electrons. The van der Waals surface area contributed by atoms with Crippen LogP contribution in [0.2, 0.25) is 0 Å². The molecule has 28 heavy (non-hydrogen) atoms. The zero-order valence-electron chi connectivity index (χ0n) is 15.6. The van der Waals surface area contributed by atoms with Gasteiger partial charge in [-0.1, -0.05) is 36.4 Å². The first-order valence-electron chi connectivity index (χ1n) is 9.27. The van der Waals surface area contributed by atoms with Crippen molar-refractivity contribution >= 4 is 28.4 Å². The lowest BCUT2D eigenvalue weighted by Gasteiger charge is -2.17. The highest BCUT2D eigenvalue weighted by Crippen LogP contribution is 2.24. The predicted molar refractivity (Wildman–Crippen MR) is 108 cm³/mol. The topological polar surface area (TPSA) is 71.4 Å². The molecular weight excluding hydrogens is 354 g/mol. The van der Waals surface area contributed by atoms with Crippen molar-refractivity contribution in [1.82, 2.24) is 9.88 Å². The summed E-state index contributed by atoms with van der Waals surface area (Å²) in [5.74, 6) is -0.343. The lowest BCUT2D eigenvalue weighted by molar-refractivity contribution is -0.117. The quantitative estimate of drug-likeness (QED) is 0.761. The number of para-hydroxylation sites is 2. The molecule has 1 aliphatic rings. The zero-order valence-corrected chi connectivity index (χ0v) is 15.6. The van der Waals surface area contributed by atoms with Gasteiger partial charge in [0.05, 0.1) is 5.52 Å². The first kappa shape index (κ1) is 18.0. The SMILES string of the molecule is Cn1c(=O)c(C(=O)NCC2CC(=O)N(c3ccccc3)C2)cc2ccccc21. The van der Waals surface area contributed by atoms with E-state index in [4.69, 9.17) is 0 Å². The minimum Gasteiger partial charge on any atom is -0.352 e. The average molecular weight is 375 g/mol. The maximum atomic E-state index is 12.6. The molecule has 2 amide bonds. The summed E-state index contributed by atoms with van der Waals surface area (Å²) < 4.78 is 1.49. The molecule has 142 valence electrons. The van der Waals surface area contributed by atoms with E-state index in [2.05, 4.69) is 5.32 Å². The fraction of sp³-hybridized carbons (Fsp3) is 0.227. The van der Waals surface area contributed by atoms with E-state index in [0.717, 1.165) is 16.6 Å². The number of pyridine rings is 1. The van der Waals surface area contributed by atoms with Crippen LogP contribution in [-0.2, 0) is 11.8 Å². The van der Waals surface area contributed by atoms with Crippen molar-refractivity contribution in [1.29, 1.82) is 0 Å². The van der Waals surface area contributed by atoms with Crippen LogP contribution in [0.5, 0.6) is 0 Å². The molecule has 1 atom stereocenters. The summed E-state index contributed by atoms with van der Waals surface area (Å²) in [6, 6.07) is 18.6. The Hall–Kier alpha value is -3.41. The minimum absolute atomic E-state index is 0.0148. The molecule has 0 bridgehead atoms. The Morgan fingerprint density at radius 1 is 1.07 bits per heavy atom. The Balaban J connectivity index is 1.47. The Morgan fingerprint density at radius 3 is 2.57 bits per heavy atom. The van der Waals surface area contributed by atoms with Crippen LogP contribution >= 0.6 is 0 Å². The number of fused-ring (bicyclic) bond motifs is 1. The van der Waals surface area contributed by atoms with E-state index in [1.165, 1.54) is 4.57 Å². The van der Waals surface area contributed by atoms with Gasteiger partial charge in [0.15, 0.2) is 0 Å². The maximum absolute atomic E-state index is 12.6. The highest BCUT2D eigenvalue weighted by molar-refractivity contribution is 5.98. The summed E-state index contributed by atoms with van der Waals surface area (Å²) in [5.41, 5.74) is 1.43. The van der Waals surface area contributed by atoms with Gasteiger partial charge < -0.3 is 14.8 Å². The molecule has 2 heterocycles. The number of nitrogens with zero attached hydrogens (tertiary/aromatic N) is 2. The highest BCUT2D eigenvalue weighted by atomic mass is 16.2. The lowest BCUT2D eigenvalue weighted by Crippen LogP contribution is -2.35. The van der Waals surface area contributed by atoms with E-state index < -0.39 is 5.91 Å². The van der Waals surface area contributed by atoms with E-state index in [1.54, 1.807) is 18.0 Å². The van der Waals surface area contributed by atoms with Crippen LogP contribution in [0.1, 0.15) is 16.8 Å². The van der Waals surface area contributed by atoms with Crippen LogP contribution in [0.4, 0.5) is 5.69 Å². The first-order chi connectivity index (χ1) is 13.5. The van der Waals surface area contributed by atoms with Crippen molar-refractivity contribution in [3.05, 3.63) is 76.6 Å². The van der Waals surface area contributed by atoms with Gasteiger partial charge in [0.2, 0.25) is 5.91 Å². The summed E-state index contributed by atoms with van der Waals surface area (Å²) in [7, 11) is 1.66. The fourth-order valence-corrected chi connectivity index (χ4v) is 3.69. The predicted octanol–water partition coefficient (Wildman–Crippen LogP) is 2.32. The van der Waals surface area contributed by atoms with Gasteiger partial charge >= 0.3 is 0 Å². The standard InChI is InChI=1S/C22H21N3O3/c1-24-19-10-6-5-7-16(19)12-18(22(24)28)21(27)23-13-15-11-20(26)25(14-15)17-8-3-2-4-9-17/h2-10,12,15H,11,13-14H2,1H3,(H,23,27). The Labute approximate surface area is 162 Å². The summed E-state index contributed by atoms with van der Waals surface area (Å²) in [5, 5.41) is 3.67. The molecule has 1 aliphatic heterocycles. The van der Waals surface area contributed by atoms with Crippen molar-refractivity contribution in [2.24, 2.45) is 13.0 Å². The molecule has 4 rings (SSSR count). The third-order valence-electron chi connectivity index (χ3n) is 5.20. The van der Waals surface area contributed by atoms with Gasteiger partial charge in [-0.2, -0.15) is 0 Å². The lowest BCUT2D eigenvalue weighted by atomic mass is 10.1. The average Bonchev–Trinajstić information content (AvgIpc) is 3.10. The number of hydrogen-bond acceptors (Lipinski definition) is 3. The van der Waals surface area contributed by atoms with E-state index in [0.29, 0.717) is 19.5 Å². The summed E-state index contributed by atoms with van der Waals surface area (Å²) in [4.78, 5) is 39.2. The number of amides is 2. The number of carbonyl (C=O) groups excluding carboxylic acids is 2. The van der Waals surface area contributed by atoms with Gasteiger partial charge in [-0.3, -0.25) is 14.4 Å². The van der Waals surface area contributed by atoms with Crippen LogP contribution < -0.4 is 15.8 Å². The van der Waals surface area contributed by atoms with Crippen molar-refractivity contribution in [3.63, 3.8) is 0 Å². The summed E-state index contributed by atoms with van der Waals surface area (Å²) in [6.45, 7) is 0.906. The molecule has 2 aromatic carbocycles. The second kappa shape index (κ2) is 7.31. The molecule has 0 spiro atoms. The molecule has 0 saturated carbocycles. The van der Waals surface area contributed by atoms with Crippen molar-refractivity contribution in [3.8, 4) is 0 Å². The highest BCUT2D eigenvalue weighted by Gasteiger charge is 2.30. The van der Waals surface area contributed by atoms with Crippen molar-refractivity contribution in [2.75, 3.05) is 18.0 Å². The molecule has 1 unspecified atom stereocenters. The maximum Gasteiger partial charge on any atom is 0.263 e. The number of carbonyl (C=O) groups is 2. The smallest absolute Gasteiger partial charge is 0.263 e. The molecule has 1 fully saturated rings. The number of rotatable bonds is 4. The molecule has 1 aromatic heterocycles. The monoisotopic (exact) mass is 375 g/mol. The Morgan fingerprint density at radius 2 is 1.79 bits per heavy atom. The number of benzene rings is 2. The van der Waals surface area contributed by atoms with Gasteiger partial charge in [0.1, 0.15) is 5.56 Å². The van der Waals surface area contributed by atoms with Crippen molar-refractivity contribution in [2.45, 2.75) is 6.42 Å². The Kier molecular flexibility index (Phi) is 4.69. The van der Waals surface area contributed by atoms with E-state index in [-0.39, 0.29) is 22.9 Å². The van der Waals surface area contributed by atoms with Gasteiger partial charge in [0, 0.05) is 38.2 Å². The molecule has 1 saturated heterocycles. The van der Waals surface area contributed by atoms with Gasteiger partial charge in [-0.05, 0) is 29.7 Å². The largest absolute Gasteiger partial charge is 0.352 e. The van der Waals surface area contributed by atoms with Crippen LogP contribution in [0.15, 0.2) is 65.5 Å². The normalized spacial score (nSPS) is 16.5. The number of aromatic nitrogens is 1. The molecule has 6 nitrogen and oxygen atoms in total. The van der Waals surface area contributed by atoms with Crippen molar-refractivity contribution < 1.29 is 9.59 Å². The summed E-state index contributed by atoms with van der Waals surface area (Å²) in [6.07, 6.45) is 0.380.